The van der Waals surface area contributed by atoms with E-state index in [0.29, 0.717) is 11.1 Å². The third-order valence-corrected chi connectivity index (χ3v) is 9.39. The maximum absolute atomic E-state index is 14.4. The number of nitrogens with one attached hydrogen (secondary N) is 2. The van der Waals surface area contributed by atoms with Crippen molar-refractivity contribution in [3.05, 3.63) is 47.8 Å². The summed E-state index contributed by atoms with van der Waals surface area (Å²) >= 11 is 0. The molecule has 1 saturated heterocycles. The van der Waals surface area contributed by atoms with Gasteiger partial charge in [-0.3, -0.25) is 19.3 Å². The number of hydrogen-bond acceptors (Lipinski definition) is 6. The van der Waals surface area contributed by atoms with Gasteiger partial charge in [0.1, 0.15) is 18.0 Å². The van der Waals surface area contributed by atoms with E-state index in [0.717, 1.165) is 38.2 Å². The molecule has 252 valence electrons. The number of amides is 4. The highest BCUT2D eigenvalue weighted by Crippen LogP contribution is 2.36. The number of aliphatic carboxylic acids is 1. The minimum atomic E-state index is -1.76. The van der Waals surface area contributed by atoms with Crippen molar-refractivity contribution in [2.24, 2.45) is 11.8 Å². The molecule has 3 aliphatic rings. The number of hydrogen-bond donors (Lipinski definition) is 3. The molecule has 1 aromatic carbocycles. The quantitative estimate of drug-likeness (QED) is 0.323. The van der Waals surface area contributed by atoms with Crippen LogP contribution in [0.2, 0.25) is 0 Å². The minimum Gasteiger partial charge on any atom is -0.479 e. The predicted octanol–water partition coefficient (Wildman–Crippen LogP) is 4.28. The van der Waals surface area contributed by atoms with Crippen LogP contribution in [0.3, 0.4) is 0 Å². The molecule has 2 unspecified atom stereocenters. The van der Waals surface area contributed by atoms with Crippen LogP contribution in [-0.4, -0.2) is 74.5 Å². The van der Waals surface area contributed by atoms with Crippen LogP contribution in [0.25, 0.3) is 0 Å². The number of benzene rings is 1. The van der Waals surface area contributed by atoms with E-state index in [1.165, 1.54) is 15.9 Å². The average Bonchev–Trinajstić information content (AvgIpc) is 3.63. The van der Waals surface area contributed by atoms with E-state index in [2.05, 4.69) is 17.2 Å². The highest BCUT2D eigenvalue weighted by Gasteiger charge is 2.48. The molecule has 11 nitrogen and oxygen atoms in total. The number of carboxylic acids is 1. The first-order valence-electron chi connectivity index (χ1n) is 16.2. The summed E-state index contributed by atoms with van der Waals surface area (Å²) in [5.41, 5.74) is -1.18. The zero-order chi connectivity index (χ0) is 33.8. The standard InChI is InChI=1S/C34H47FN4O7/c1-6-34(7-2,31(43)44)37-29(41)27-16-23(46-32(45)38-18-22-14-11-15-26(35)25(22)20-38)19-39(27)30(42)24(21-12-9-8-10-13-21)17-28(40)36-33(3,4)5/h6,11,14-15,21,23-24,27H,1,7-10,12-13,16-20H2,2-5H3,(H,36,40)(H,37,41)(H,43,44)/t23?,24?,27-,34-/m0/s1. The van der Waals surface area contributed by atoms with Gasteiger partial charge in [-0.1, -0.05) is 44.4 Å². The van der Waals surface area contributed by atoms with Gasteiger partial charge in [0.15, 0.2) is 5.54 Å². The van der Waals surface area contributed by atoms with Crippen molar-refractivity contribution >= 4 is 29.8 Å². The van der Waals surface area contributed by atoms with Crippen molar-refractivity contribution in [1.29, 1.82) is 0 Å². The number of carboxylic acid groups (broad SMARTS) is 1. The van der Waals surface area contributed by atoms with Gasteiger partial charge in [-0.25, -0.2) is 14.0 Å². The Labute approximate surface area is 269 Å². The van der Waals surface area contributed by atoms with Gasteiger partial charge in [-0.2, -0.15) is 0 Å². The molecular weight excluding hydrogens is 595 g/mol. The van der Waals surface area contributed by atoms with Crippen LogP contribution < -0.4 is 10.6 Å². The summed E-state index contributed by atoms with van der Waals surface area (Å²) in [6, 6.07) is 3.50. The van der Waals surface area contributed by atoms with Gasteiger partial charge < -0.3 is 25.4 Å². The SMILES string of the molecule is C=C[C@@](CC)(NC(=O)[C@@H]1CC(OC(=O)N2Cc3cccc(F)c3C2)CN1C(=O)C(CC(=O)NC(C)(C)C)C1CCCCC1)C(=O)O. The Morgan fingerprint density at radius 3 is 2.39 bits per heavy atom. The number of likely N-dealkylation sites (tertiary alicyclic amines) is 1. The van der Waals surface area contributed by atoms with E-state index in [1.54, 1.807) is 19.1 Å². The monoisotopic (exact) mass is 642 g/mol. The van der Waals surface area contributed by atoms with Crippen LogP contribution in [0, 0.1) is 17.7 Å². The number of ether oxygens (including phenoxy) is 1. The van der Waals surface area contributed by atoms with Crippen molar-refractivity contribution in [3.8, 4) is 0 Å². The molecule has 0 bridgehead atoms. The molecule has 1 aliphatic carbocycles. The zero-order valence-electron chi connectivity index (χ0n) is 27.3. The van der Waals surface area contributed by atoms with Crippen LogP contribution in [0.4, 0.5) is 9.18 Å². The summed E-state index contributed by atoms with van der Waals surface area (Å²) in [5.74, 6) is -3.88. The first-order valence-corrected chi connectivity index (χ1v) is 16.2. The number of carbonyl (C=O) groups is 5. The fourth-order valence-corrected chi connectivity index (χ4v) is 6.86. The molecule has 1 saturated carbocycles. The molecule has 2 aliphatic heterocycles. The van der Waals surface area contributed by atoms with Gasteiger partial charge in [0.25, 0.3) is 0 Å². The van der Waals surface area contributed by atoms with Crippen LogP contribution in [-0.2, 0) is 37.0 Å². The smallest absolute Gasteiger partial charge is 0.410 e. The Hall–Kier alpha value is -3.96. The molecule has 0 aromatic heterocycles. The normalized spacial score (nSPS) is 21.9. The van der Waals surface area contributed by atoms with E-state index in [1.807, 2.05) is 20.8 Å². The minimum absolute atomic E-state index is 0.0143. The van der Waals surface area contributed by atoms with Crippen LogP contribution in [0.5, 0.6) is 0 Å². The van der Waals surface area contributed by atoms with Crippen molar-refractivity contribution < 1.29 is 38.2 Å². The lowest BCUT2D eigenvalue weighted by atomic mass is 9.77. The third-order valence-electron chi connectivity index (χ3n) is 9.39. The zero-order valence-corrected chi connectivity index (χ0v) is 27.3. The lowest BCUT2D eigenvalue weighted by Gasteiger charge is -2.35. The molecular formula is C34H47FN4O7. The summed E-state index contributed by atoms with van der Waals surface area (Å²) in [6.45, 7) is 10.9. The summed E-state index contributed by atoms with van der Waals surface area (Å²) in [4.78, 5) is 69.4. The van der Waals surface area contributed by atoms with Gasteiger partial charge in [0, 0.05) is 36.4 Å². The molecule has 1 aromatic rings. The number of rotatable bonds is 10. The number of carbonyl (C=O) groups excluding carboxylic acids is 4. The fraction of sp³-hybridized carbons (Fsp3) is 0.618. The van der Waals surface area contributed by atoms with Gasteiger partial charge in [0.2, 0.25) is 17.7 Å². The maximum atomic E-state index is 14.4. The van der Waals surface area contributed by atoms with Crippen molar-refractivity contribution in [2.75, 3.05) is 6.54 Å². The molecule has 4 amide bonds. The van der Waals surface area contributed by atoms with Gasteiger partial charge in [-0.05, 0) is 57.6 Å². The Bertz CT molecular complexity index is 1360. The second kappa shape index (κ2) is 14.2. The number of fused-ring (bicyclic) bond motifs is 1. The molecule has 2 fully saturated rings. The number of halogens is 1. The second-order valence-electron chi connectivity index (χ2n) is 13.8. The van der Waals surface area contributed by atoms with Crippen LogP contribution >= 0.6 is 0 Å². The maximum Gasteiger partial charge on any atom is 0.410 e. The first kappa shape index (κ1) is 34.9. The van der Waals surface area contributed by atoms with Gasteiger partial charge in [0.05, 0.1) is 13.1 Å². The summed E-state index contributed by atoms with van der Waals surface area (Å²) in [5, 5.41) is 15.4. The first-order chi connectivity index (χ1) is 21.7. The molecule has 4 rings (SSSR count). The van der Waals surface area contributed by atoms with Crippen LogP contribution in [0.15, 0.2) is 30.9 Å². The highest BCUT2D eigenvalue weighted by molar-refractivity contribution is 5.95. The lowest BCUT2D eigenvalue weighted by Crippen LogP contribution is -2.58. The van der Waals surface area contributed by atoms with Crippen molar-refractivity contribution in [3.63, 3.8) is 0 Å². The Balaban J connectivity index is 1.59. The molecule has 3 N–H and O–H groups in total. The van der Waals surface area contributed by atoms with E-state index in [-0.39, 0.29) is 50.7 Å². The largest absolute Gasteiger partial charge is 0.479 e. The summed E-state index contributed by atoms with van der Waals surface area (Å²) < 4.78 is 20.1. The van der Waals surface area contributed by atoms with Gasteiger partial charge in [-0.15, -0.1) is 6.58 Å². The van der Waals surface area contributed by atoms with E-state index in [4.69, 9.17) is 4.74 Å². The fourth-order valence-electron chi connectivity index (χ4n) is 6.86. The Morgan fingerprint density at radius 1 is 1.11 bits per heavy atom. The van der Waals surface area contributed by atoms with Crippen molar-refractivity contribution in [2.45, 2.75) is 115 Å². The Kier molecular flexibility index (Phi) is 10.8. The predicted molar refractivity (Wildman–Crippen MR) is 168 cm³/mol. The third kappa shape index (κ3) is 7.87. The molecule has 0 radical (unpaired) electrons. The lowest BCUT2D eigenvalue weighted by molar-refractivity contribution is -0.149. The molecule has 2 heterocycles. The van der Waals surface area contributed by atoms with E-state index in [9.17, 15) is 33.5 Å². The summed E-state index contributed by atoms with van der Waals surface area (Å²) in [6.07, 6.45) is 3.87. The molecule has 12 heteroatoms. The second-order valence-corrected chi connectivity index (χ2v) is 13.8. The average molecular weight is 643 g/mol. The van der Waals surface area contributed by atoms with Gasteiger partial charge >= 0.3 is 12.1 Å². The number of nitrogens with zero attached hydrogens (tertiary/aromatic N) is 2. The molecule has 0 spiro atoms. The van der Waals surface area contributed by atoms with Crippen LogP contribution in [0.1, 0.15) is 90.2 Å². The molecule has 46 heavy (non-hydrogen) atoms. The highest BCUT2D eigenvalue weighted by atomic mass is 19.1. The van der Waals surface area contributed by atoms with E-state index < -0.39 is 58.8 Å². The summed E-state index contributed by atoms with van der Waals surface area (Å²) in [7, 11) is 0. The van der Waals surface area contributed by atoms with Crippen molar-refractivity contribution in [1.82, 2.24) is 20.4 Å². The molecule has 4 atom stereocenters. The topological polar surface area (TPSA) is 145 Å². The van der Waals surface area contributed by atoms with E-state index >= 15 is 0 Å². The Morgan fingerprint density at radius 2 is 1.80 bits per heavy atom.